The number of hydrogen-bond donors (Lipinski definition) is 9. The quantitative estimate of drug-likeness (QED) is 0.0620. The summed E-state index contributed by atoms with van der Waals surface area (Å²) < 4.78 is 0. The molecule has 0 bridgehead atoms. The van der Waals surface area contributed by atoms with Gasteiger partial charge in [0.2, 0.25) is 5.82 Å². The maximum atomic E-state index is 12.6. The average Bonchev–Trinajstić information content (AvgIpc) is 4.32. The van der Waals surface area contributed by atoms with Crippen LogP contribution < -0.4 is 28.3 Å². The number of carboxylic acids is 1. The number of benzene rings is 1. The number of carbonyl (C=O) groups is 4. The Kier molecular flexibility index (Phi) is 17.3. The third kappa shape index (κ3) is 12.6. The average molecular weight is 1070 g/mol. The number of Topliss-reactive ketones (excluding diaryl/α,β-unsaturated/α-hetero) is 2. The van der Waals surface area contributed by atoms with E-state index in [1.54, 1.807) is 13.1 Å². The van der Waals surface area contributed by atoms with Crippen LogP contribution in [-0.2, 0) is 26.4 Å². The second kappa shape index (κ2) is 24.7. The van der Waals surface area contributed by atoms with Gasteiger partial charge in [-0.3, -0.25) is 19.4 Å². The molecule has 0 radical (unpaired) electrons. The van der Waals surface area contributed by atoms with Gasteiger partial charge in [-0.2, -0.15) is 40.8 Å². The number of para-hydroxylation sites is 1. The number of amides is 1. The van der Waals surface area contributed by atoms with Crippen molar-refractivity contribution in [1.29, 1.82) is 0 Å². The molecule has 0 saturated heterocycles. The highest BCUT2D eigenvalue weighted by Gasteiger charge is 2.22. The smallest absolute Gasteiger partial charge is 0.358 e. The summed E-state index contributed by atoms with van der Waals surface area (Å²) in [5.41, 5.74) is 24.9. The summed E-state index contributed by atoms with van der Waals surface area (Å²) in [7, 11) is 0. The van der Waals surface area contributed by atoms with Crippen LogP contribution >= 0.6 is 0 Å². The Balaban J connectivity index is 0.000000156. The van der Waals surface area contributed by atoms with Crippen molar-refractivity contribution < 1.29 is 39.6 Å². The lowest BCUT2D eigenvalue weighted by Crippen LogP contribution is -2.27. The van der Waals surface area contributed by atoms with Crippen molar-refractivity contribution in [2.24, 2.45) is 0 Å². The van der Waals surface area contributed by atoms with E-state index in [2.05, 4.69) is 91.0 Å². The predicted octanol–water partition coefficient (Wildman–Crippen LogP) is -1.08. The molecule has 0 aliphatic heterocycles. The van der Waals surface area contributed by atoms with E-state index in [-0.39, 0.29) is 99.6 Å². The Morgan fingerprint density at radius 1 is 0.487 bits per heavy atom. The number of pyridine rings is 1. The van der Waals surface area contributed by atoms with Gasteiger partial charge in [0.1, 0.15) is 28.5 Å². The molecule has 34 heteroatoms. The fraction of sp³-hybridized carbons (Fsp3) is 0.159. The number of ketones is 2. The van der Waals surface area contributed by atoms with Gasteiger partial charge in [-0.25, -0.2) is 44.7 Å². The number of carbonyl (C=O) groups excluding carboxylic acids is 3. The molecule has 1 amide bonds. The molecule has 1 aromatic carbocycles. The van der Waals surface area contributed by atoms with Gasteiger partial charge in [-0.15, -0.1) is 19.2 Å². The SMILES string of the molecule is CC(=O)c1nc(C)c(-n2nccn2)nc1N.CC(=O)c1nc(CO)c(-n2nccn2)nc1N.Nc1nc(-n2nccn2)c(CO)nc1C(=O)NCc1cccc2cccnc12.Nc1nc(-n2nccn2)c(CO)nc1C(=O)O. The number of fused-ring (bicyclic) bond motifs is 1. The molecule has 0 aliphatic rings. The Hall–Kier alpha value is -11.1. The lowest BCUT2D eigenvalue weighted by molar-refractivity contribution is 0.0689. The fourth-order valence-corrected chi connectivity index (χ4v) is 6.64. The molecule has 13 N–H and O–H groups in total. The molecule has 10 rings (SSSR count). The molecular weight excluding hydrogens is 1020 g/mol. The second-order valence-electron chi connectivity index (χ2n) is 15.4. The highest BCUT2D eigenvalue weighted by molar-refractivity contribution is 5.97. The van der Waals surface area contributed by atoms with Crippen molar-refractivity contribution in [3.05, 3.63) is 137 Å². The second-order valence-corrected chi connectivity index (χ2v) is 15.4. The number of aryl methyl sites for hydroxylation is 1. The van der Waals surface area contributed by atoms with Gasteiger partial charge in [-0.05, 0) is 18.6 Å². The minimum Gasteiger partial charge on any atom is -0.476 e. The van der Waals surface area contributed by atoms with Crippen molar-refractivity contribution in [2.45, 2.75) is 47.1 Å². The van der Waals surface area contributed by atoms with Gasteiger partial charge < -0.3 is 48.7 Å². The minimum absolute atomic E-state index is 0.0120. The van der Waals surface area contributed by atoms with Crippen LogP contribution in [0, 0.1) is 6.92 Å². The molecule has 398 valence electrons. The fourth-order valence-electron chi connectivity index (χ4n) is 6.64. The highest BCUT2D eigenvalue weighted by atomic mass is 16.4. The van der Waals surface area contributed by atoms with Crippen molar-refractivity contribution in [3.8, 4) is 23.3 Å². The van der Waals surface area contributed by atoms with Crippen molar-refractivity contribution >= 4 is 57.6 Å². The Bertz CT molecular complexity index is 3620. The Morgan fingerprint density at radius 2 is 0.859 bits per heavy atom. The number of aliphatic hydroxyl groups is 3. The van der Waals surface area contributed by atoms with E-state index in [0.29, 0.717) is 11.5 Å². The van der Waals surface area contributed by atoms with Crippen LogP contribution in [0.1, 0.15) is 84.1 Å². The number of anilines is 4. The van der Waals surface area contributed by atoms with Gasteiger partial charge in [0.25, 0.3) is 5.91 Å². The Morgan fingerprint density at radius 3 is 1.29 bits per heavy atom. The third-order valence-corrected chi connectivity index (χ3v) is 10.1. The summed E-state index contributed by atoms with van der Waals surface area (Å²) in [5, 5.41) is 71.5. The number of aliphatic hydroxyl groups excluding tert-OH is 3. The zero-order valence-corrected chi connectivity index (χ0v) is 41.0. The summed E-state index contributed by atoms with van der Waals surface area (Å²) in [5.74, 6) is -1.73. The molecule has 0 aliphatic carbocycles. The number of nitrogens with zero attached hydrogens (tertiary/aromatic N) is 21. The zero-order chi connectivity index (χ0) is 56.0. The first kappa shape index (κ1) is 54.6. The van der Waals surface area contributed by atoms with Crippen LogP contribution in [0.4, 0.5) is 23.3 Å². The first-order valence-corrected chi connectivity index (χ1v) is 22.3. The first-order valence-electron chi connectivity index (χ1n) is 22.3. The van der Waals surface area contributed by atoms with E-state index < -0.39 is 30.8 Å². The summed E-state index contributed by atoms with van der Waals surface area (Å²) in [6, 6.07) is 9.54. The first-order chi connectivity index (χ1) is 37.5. The number of nitrogens with one attached hydrogen (secondary N) is 1. The van der Waals surface area contributed by atoms with E-state index in [1.165, 1.54) is 77.8 Å². The van der Waals surface area contributed by atoms with Crippen LogP contribution in [0.2, 0.25) is 0 Å². The van der Waals surface area contributed by atoms with Gasteiger partial charge in [0, 0.05) is 32.0 Å². The van der Waals surface area contributed by atoms with Gasteiger partial charge in [0.05, 0.1) is 80.6 Å². The number of rotatable bonds is 13. The zero-order valence-electron chi connectivity index (χ0n) is 41.0. The van der Waals surface area contributed by atoms with Crippen LogP contribution in [0.15, 0.2) is 86.1 Å². The Labute approximate surface area is 436 Å². The predicted molar refractivity (Wildman–Crippen MR) is 268 cm³/mol. The number of aromatic carboxylic acids is 1. The van der Waals surface area contributed by atoms with E-state index in [0.717, 1.165) is 21.3 Å². The highest BCUT2D eigenvalue weighted by Crippen LogP contribution is 2.19. The van der Waals surface area contributed by atoms with Crippen LogP contribution in [0.25, 0.3) is 34.2 Å². The number of nitrogens with two attached hydrogens (primary N) is 4. The molecule has 9 aromatic heterocycles. The monoisotopic (exact) mass is 1060 g/mol. The summed E-state index contributed by atoms with van der Waals surface area (Å²) >= 11 is 0. The summed E-state index contributed by atoms with van der Waals surface area (Å²) in [6.07, 6.45) is 13.4. The van der Waals surface area contributed by atoms with Crippen molar-refractivity contribution in [1.82, 2.24) is 110 Å². The molecule has 78 heavy (non-hydrogen) atoms. The molecule has 10 aromatic rings. The van der Waals surface area contributed by atoms with Crippen LogP contribution in [-0.4, -0.2) is 149 Å². The number of nitrogen functional groups attached to an aromatic ring is 4. The lowest BCUT2D eigenvalue weighted by Gasteiger charge is -2.11. The van der Waals surface area contributed by atoms with Gasteiger partial charge >= 0.3 is 5.97 Å². The number of carboxylic acid groups (broad SMARTS) is 1. The molecule has 0 spiro atoms. The van der Waals surface area contributed by atoms with Gasteiger partial charge in [0.15, 0.2) is 63.7 Å². The van der Waals surface area contributed by atoms with E-state index in [4.69, 9.17) is 33.1 Å². The van der Waals surface area contributed by atoms with Crippen LogP contribution in [0.5, 0.6) is 0 Å². The molecule has 34 nitrogen and oxygen atoms in total. The van der Waals surface area contributed by atoms with Crippen molar-refractivity contribution in [3.63, 3.8) is 0 Å². The van der Waals surface area contributed by atoms with E-state index in [1.807, 2.05) is 30.3 Å². The number of aromatic nitrogens is 21. The molecule has 0 saturated carbocycles. The molecule has 9 heterocycles. The normalized spacial score (nSPS) is 10.6. The third-order valence-electron chi connectivity index (χ3n) is 10.1. The largest absolute Gasteiger partial charge is 0.476 e. The molecule has 0 unspecified atom stereocenters. The van der Waals surface area contributed by atoms with E-state index >= 15 is 0 Å². The maximum Gasteiger partial charge on any atom is 0.358 e. The molecular formula is C44H44N26O8. The van der Waals surface area contributed by atoms with Crippen LogP contribution in [0.3, 0.4) is 0 Å². The van der Waals surface area contributed by atoms with E-state index in [9.17, 15) is 29.4 Å². The standard InChI is InChI=1S/C18H16N8O2.C9H10N6O2.C9H10N6O.C8H8N6O3/c19-16-15(24-13(10-27)17(25-16)26-22-7-8-23-26)18(28)21-9-12-4-1-3-11-5-2-6-20-14(11)12;1-5(17)7-8(10)14-9(6(4-16)13-7)15-11-2-3-12-15;1-5-9(15-11-3-4-12-15)14-8(10)7(13-5)6(2)16;9-6-5(8(16)17)12-4(3-15)7(13-6)14-10-1-2-11-14/h1-8,27H,9-10H2,(H2,19,25)(H,21,28);2-3,16H,4H2,1H3,(H2,10,14);3-4H,1-2H3,(H2,10,14);1-2,15H,3H2,(H2,9,13)(H,16,17). The summed E-state index contributed by atoms with van der Waals surface area (Å²) in [4.78, 5) is 86.9. The summed E-state index contributed by atoms with van der Waals surface area (Å²) in [6.45, 7) is 3.36. The molecule has 0 fully saturated rings. The molecule has 0 atom stereocenters. The van der Waals surface area contributed by atoms with Crippen molar-refractivity contribution in [2.75, 3.05) is 22.9 Å². The minimum atomic E-state index is -1.32. The van der Waals surface area contributed by atoms with Gasteiger partial charge in [-0.1, -0.05) is 24.3 Å². The maximum absolute atomic E-state index is 12.6. The number of hydrogen-bond acceptors (Lipinski definition) is 28. The topological polar surface area (TPSA) is 504 Å². The lowest BCUT2D eigenvalue weighted by atomic mass is 10.1.